The fourth-order valence-corrected chi connectivity index (χ4v) is 8.40. The predicted molar refractivity (Wildman–Crippen MR) is 178 cm³/mol. The van der Waals surface area contributed by atoms with E-state index in [1.54, 1.807) is 18.3 Å². The number of ether oxygens (including phenoxy) is 3. The number of carbonyl (C=O) groups excluding carboxylic acids is 2. The van der Waals surface area contributed by atoms with Crippen LogP contribution >= 0.6 is 0 Å². The summed E-state index contributed by atoms with van der Waals surface area (Å²) in [6.45, 7) is 6.20. The van der Waals surface area contributed by atoms with Gasteiger partial charge in [0.15, 0.2) is 5.82 Å². The Labute approximate surface area is 277 Å². The molecule has 48 heavy (non-hydrogen) atoms. The topological polar surface area (TPSA) is 119 Å². The van der Waals surface area contributed by atoms with E-state index in [4.69, 9.17) is 29.2 Å². The Morgan fingerprint density at radius 3 is 2.75 bits per heavy atom. The van der Waals surface area contributed by atoms with Crippen LogP contribution in [-0.4, -0.2) is 82.9 Å². The largest absolute Gasteiger partial charge is 0.461 e. The molecule has 1 amide bonds. The maximum absolute atomic E-state index is 17.1. The van der Waals surface area contributed by atoms with Gasteiger partial charge in [-0.15, -0.1) is 0 Å². The number of hydrogen-bond donors (Lipinski definition) is 1. The molecule has 1 N–H and O–H groups in total. The van der Waals surface area contributed by atoms with Crippen LogP contribution in [0.2, 0.25) is 0 Å². The molecule has 2 aromatic heterocycles. The average Bonchev–Trinajstić information content (AvgIpc) is 3.66. The number of fused-ring (bicyclic) bond motifs is 7. The minimum absolute atomic E-state index is 0.0466. The van der Waals surface area contributed by atoms with Crippen molar-refractivity contribution in [1.82, 2.24) is 25.2 Å². The van der Waals surface area contributed by atoms with Crippen LogP contribution in [-0.2, 0) is 16.0 Å². The first-order valence-electron chi connectivity index (χ1n) is 17.0. The highest BCUT2D eigenvalue weighted by molar-refractivity contribution is 6.02. The summed E-state index contributed by atoms with van der Waals surface area (Å²) in [6, 6.07) is 9.26. The third-order valence-corrected chi connectivity index (χ3v) is 10.6. The normalized spacial score (nSPS) is 22.4. The Bertz CT molecular complexity index is 1910. The van der Waals surface area contributed by atoms with Crippen LogP contribution < -0.4 is 19.7 Å². The van der Waals surface area contributed by atoms with Crippen molar-refractivity contribution in [2.45, 2.75) is 69.4 Å². The second-order valence-electron chi connectivity index (χ2n) is 13.9. The number of alkyl carbamates (subject to hydrolysis) is 1. The number of aryl methyl sites for hydroxylation is 1. The second-order valence-corrected chi connectivity index (χ2v) is 13.9. The molecule has 5 aliphatic heterocycles. The molecule has 0 radical (unpaired) electrons. The zero-order chi connectivity index (χ0) is 32.9. The number of pyridine rings is 1. The predicted octanol–water partition coefficient (Wildman–Crippen LogP) is 5.56. The number of halogens is 1. The molecular weight excluding hydrogens is 615 g/mol. The van der Waals surface area contributed by atoms with Crippen molar-refractivity contribution in [2.24, 2.45) is 0 Å². The van der Waals surface area contributed by atoms with Gasteiger partial charge in [0, 0.05) is 24.8 Å². The molecule has 1 atom stereocenters. The summed E-state index contributed by atoms with van der Waals surface area (Å²) in [6.07, 6.45) is 8.16. The highest BCUT2D eigenvalue weighted by Gasteiger charge is 2.45. The van der Waals surface area contributed by atoms with Gasteiger partial charge in [-0.3, -0.25) is 14.7 Å². The van der Waals surface area contributed by atoms with Gasteiger partial charge in [0.1, 0.15) is 29.4 Å². The summed E-state index contributed by atoms with van der Waals surface area (Å²) in [5.41, 5.74) is 0.939. The molecule has 11 nitrogen and oxygen atoms in total. The van der Waals surface area contributed by atoms with Crippen LogP contribution in [0.25, 0.3) is 32.9 Å². The minimum Gasteiger partial charge on any atom is -0.461 e. The SMILES string of the molecule is CC12CCCN(C1)c1nc(OCC34CCCN3CCC4)nc3c(F)c(ncc13)-c1cc(OC=O)cc3cccc(c13)CCCOC(=O)N2. The first kappa shape index (κ1) is 30.7. The quantitative estimate of drug-likeness (QED) is 0.274. The molecule has 0 saturated carbocycles. The summed E-state index contributed by atoms with van der Waals surface area (Å²) < 4.78 is 34.4. The van der Waals surface area contributed by atoms with Gasteiger partial charge >= 0.3 is 12.1 Å². The summed E-state index contributed by atoms with van der Waals surface area (Å²) >= 11 is 0. The first-order valence-corrected chi connectivity index (χ1v) is 17.0. The Morgan fingerprint density at radius 2 is 1.92 bits per heavy atom. The number of nitrogens with one attached hydrogen (secondary N) is 1. The highest BCUT2D eigenvalue weighted by atomic mass is 19.1. The molecule has 0 spiro atoms. The first-order chi connectivity index (χ1) is 23.3. The van der Waals surface area contributed by atoms with Crippen LogP contribution in [0.1, 0.15) is 57.4 Å². The number of carbonyl (C=O) groups is 2. The molecule has 9 rings (SSSR count). The van der Waals surface area contributed by atoms with Crippen LogP contribution in [0.5, 0.6) is 11.8 Å². The smallest absolute Gasteiger partial charge is 0.407 e. The number of nitrogens with zero attached hydrogens (tertiary/aromatic N) is 5. The van der Waals surface area contributed by atoms with Crippen molar-refractivity contribution in [2.75, 3.05) is 44.3 Å². The Balaban J connectivity index is 1.32. The Hall–Kier alpha value is -4.58. The lowest BCUT2D eigenvalue weighted by Gasteiger charge is -2.41. The fraction of sp³-hybridized carbons (Fsp3) is 0.472. The highest BCUT2D eigenvalue weighted by Crippen LogP contribution is 2.41. The molecule has 0 aliphatic carbocycles. The molecule has 7 heterocycles. The van der Waals surface area contributed by atoms with Crippen molar-refractivity contribution in [1.29, 1.82) is 0 Å². The second kappa shape index (κ2) is 12.1. The van der Waals surface area contributed by atoms with Crippen LogP contribution in [0.3, 0.4) is 0 Å². The maximum atomic E-state index is 17.1. The number of aromatic nitrogens is 3. The number of piperidine rings is 1. The van der Waals surface area contributed by atoms with Crippen molar-refractivity contribution in [3.63, 3.8) is 0 Å². The molecule has 3 fully saturated rings. The molecule has 250 valence electrons. The van der Waals surface area contributed by atoms with Gasteiger partial charge in [0.05, 0.1) is 23.1 Å². The number of hydrogen-bond acceptors (Lipinski definition) is 10. The molecule has 2 aromatic carbocycles. The number of rotatable bonds is 5. The molecule has 1 unspecified atom stereocenters. The molecule has 6 bridgehead atoms. The molecule has 12 heteroatoms. The van der Waals surface area contributed by atoms with Gasteiger partial charge in [-0.05, 0) is 99.8 Å². The number of benzene rings is 2. The van der Waals surface area contributed by atoms with E-state index in [9.17, 15) is 9.59 Å². The van der Waals surface area contributed by atoms with Crippen LogP contribution in [0.15, 0.2) is 36.5 Å². The minimum atomic E-state index is -0.609. The summed E-state index contributed by atoms with van der Waals surface area (Å²) in [7, 11) is 0. The van der Waals surface area contributed by atoms with E-state index in [1.165, 1.54) is 0 Å². The standard InChI is InChI=1S/C36H39FN6O5/c1-35-10-4-13-42(20-35)32-27-19-38-30(29(37)31(27)39-33(40-32)47-21-36-11-5-14-43(36)15-6-12-36)26-18-25(48-22-44)17-24-8-2-7-23(28(24)26)9-3-16-46-34(45)41-35/h2,7-8,17-19,22H,3-6,9-16,20-21H2,1H3,(H,41,45). The maximum Gasteiger partial charge on any atom is 0.407 e. The third kappa shape index (κ3) is 5.45. The molecule has 3 saturated heterocycles. The van der Waals surface area contributed by atoms with Crippen molar-refractivity contribution in [3.8, 4) is 23.0 Å². The van der Waals surface area contributed by atoms with E-state index >= 15 is 4.39 Å². The molecule has 5 aliphatic rings. The van der Waals surface area contributed by atoms with E-state index in [0.29, 0.717) is 55.8 Å². The van der Waals surface area contributed by atoms with Crippen LogP contribution in [0, 0.1) is 5.82 Å². The Kier molecular flexibility index (Phi) is 7.77. The Morgan fingerprint density at radius 1 is 1.08 bits per heavy atom. The van der Waals surface area contributed by atoms with Gasteiger partial charge in [-0.25, -0.2) is 9.18 Å². The summed E-state index contributed by atoms with van der Waals surface area (Å²) in [5, 5.41) is 5.08. The van der Waals surface area contributed by atoms with E-state index in [2.05, 4.69) is 15.1 Å². The number of amides is 1. The van der Waals surface area contributed by atoms with Gasteiger partial charge in [-0.1, -0.05) is 18.2 Å². The fourth-order valence-electron chi connectivity index (χ4n) is 8.40. The van der Waals surface area contributed by atoms with Gasteiger partial charge < -0.3 is 24.4 Å². The van der Waals surface area contributed by atoms with E-state index in [0.717, 1.165) is 68.0 Å². The monoisotopic (exact) mass is 654 g/mol. The third-order valence-electron chi connectivity index (χ3n) is 10.6. The van der Waals surface area contributed by atoms with E-state index < -0.39 is 17.4 Å². The lowest BCUT2D eigenvalue weighted by molar-refractivity contribution is -0.120. The lowest BCUT2D eigenvalue weighted by atomic mass is 9.91. The van der Waals surface area contributed by atoms with Gasteiger partial charge in [0.25, 0.3) is 6.47 Å². The molecule has 4 aromatic rings. The van der Waals surface area contributed by atoms with Gasteiger partial charge in [0.2, 0.25) is 0 Å². The average molecular weight is 655 g/mol. The summed E-state index contributed by atoms with van der Waals surface area (Å²) in [4.78, 5) is 43.2. The van der Waals surface area contributed by atoms with Crippen molar-refractivity contribution in [3.05, 3.63) is 47.9 Å². The molecular formula is C36H39FN6O5. The zero-order valence-electron chi connectivity index (χ0n) is 27.1. The van der Waals surface area contributed by atoms with Crippen molar-refractivity contribution >= 4 is 40.1 Å². The number of anilines is 1. The van der Waals surface area contributed by atoms with E-state index in [1.807, 2.05) is 25.1 Å². The van der Waals surface area contributed by atoms with E-state index in [-0.39, 0.29) is 35.1 Å². The van der Waals surface area contributed by atoms with Crippen molar-refractivity contribution < 1.29 is 28.2 Å². The zero-order valence-corrected chi connectivity index (χ0v) is 27.1. The lowest BCUT2D eigenvalue weighted by Crippen LogP contribution is -2.57. The van der Waals surface area contributed by atoms with Crippen LogP contribution in [0.4, 0.5) is 15.0 Å². The van der Waals surface area contributed by atoms with Gasteiger partial charge in [-0.2, -0.15) is 9.97 Å². The summed E-state index contributed by atoms with van der Waals surface area (Å²) in [5.74, 6) is 0.172.